The van der Waals surface area contributed by atoms with Crippen LogP contribution in [-0.4, -0.2) is 11.8 Å². The van der Waals surface area contributed by atoms with Crippen molar-refractivity contribution in [2.45, 2.75) is 39.0 Å². The summed E-state index contributed by atoms with van der Waals surface area (Å²) in [5, 5.41) is 0. The summed E-state index contributed by atoms with van der Waals surface area (Å²) >= 11 is 1.54. The van der Waals surface area contributed by atoms with Crippen LogP contribution in [0.4, 0.5) is 0 Å². The summed E-state index contributed by atoms with van der Waals surface area (Å²) in [6.07, 6.45) is 4.29. The van der Waals surface area contributed by atoms with Crippen LogP contribution in [0.2, 0.25) is 0 Å². The zero-order chi connectivity index (χ0) is 16.9. The lowest BCUT2D eigenvalue weighted by Gasteiger charge is -2.16. The first-order chi connectivity index (χ1) is 11.6. The second-order valence-corrected chi connectivity index (χ2v) is 7.53. The number of hydrogen-bond acceptors (Lipinski definition) is 3. The van der Waals surface area contributed by atoms with Crippen LogP contribution >= 0.6 is 11.3 Å². The Balaban J connectivity index is 1.48. The number of nitrogens with one attached hydrogen (secondary N) is 2. The minimum absolute atomic E-state index is 0.179. The molecule has 1 atom stereocenters. The van der Waals surface area contributed by atoms with Gasteiger partial charge in [-0.15, -0.1) is 11.3 Å². The Bertz CT molecular complexity index is 724. The largest absolute Gasteiger partial charge is 0.279 e. The Morgan fingerprint density at radius 2 is 2.00 bits per heavy atom. The van der Waals surface area contributed by atoms with Crippen LogP contribution in [0.5, 0.6) is 0 Å². The second kappa shape index (κ2) is 7.62. The van der Waals surface area contributed by atoms with E-state index in [0.29, 0.717) is 23.6 Å². The Kier molecular flexibility index (Phi) is 5.30. The van der Waals surface area contributed by atoms with Crippen molar-refractivity contribution < 1.29 is 9.59 Å². The maximum atomic E-state index is 12.2. The molecular formula is C19H22N2O2S. The number of hydrazine groups is 1. The van der Waals surface area contributed by atoms with Crippen molar-refractivity contribution in [3.8, 4) is 0 Å². The summed E-state index contributed by atoms with van der Waals surface area (Å²) in [6.45, 7) is 2.24. The molecule has 0 bridgehead atoms. The molecule has 1 aromatic carbocycles. The number of carbonyl (C=O) groups is 2. The molecule has 2 N–H and O–H groups in total. The van der Waals surface area contributed by atoms with Crippen LogP contribution in [0.1, 0.15) is 45.4 Å². The van der Waals surface area contributed by atoms with Gasteiger partial charge in [0, 0.05) is 11.3 Å². The number of thiophene rings is 1. The molecule has 0 saturated carbocycles. The molecule has 24 heavy (non-hydrogen) atoms. The third-order valence-electron chi connectivity index (χ3n) is 4.35. The molecule has 1 aliphatic rings. The van der Waals surface area contributed by atoms with E-state index in [1.165, 1.54) is 16.9 Å². The van der Waals surface area contributed by atoms with E-state index in [4.69, 9.17) is 0 Å². The zero-order valence-corrected chi connectivity index (χ0v) is 14.6. The monoisotopic (exact) mass is 342 g/mol. The highest BCUT2D eigenvalue weighted by molar-refractivity contribution is 7.14. The summed E-state index contributed by atoms with van der Waals surface area (Å²) in [5.41, 5.74) is 7.44. The van der Waals surface area contributed by atoms with E-state index < -0.39 is 0 Å². The fraction of sp³-hybridized carbons (Fsp3) is 0.368. The predicted molar refractivity (Wildman–Crippen MR) is 95.9 cm³/mol. The Hall–Kier alpha value is -2.14. The Morgan fingerprint density at radius 1 is 1.21 bits per heavy atom. The first-order valence-electron chi connectivity index (χ1n) is 8.36. The number of amides is 2. The van der Waals surface area contributed by atoms with Crippen LogP contribution in [0.15, 0.2) is 36.4 Å². The third-order valence-corrected chi connectivity index (χ3v) is 5.59. The standard InChI is InChI=1S/C19H22N2O2S/c1-13-7-9-16-15(11-13)12-17(24-16)19(23)21-20-18(22)10-8-14-5-3-2-4-6-14/h2-6,12-13H,7-11H2,1H3,(H,20,22)(H,21,23). The molecule has 0 aliphatic heterocycles. The predicted octanol–water partition coefficient (Wildman–Crippen LogP) is 3.27. The van der Waals surface area contributed by atoms with Gasteiger partial charge < -0.3 is 0 Å². The molecule has 0 radical (unpaired) electrons. The van der Waals surface area contributed by atoms with Crippen molar-refractivity contribution in [3.63, 3.8) is 0 Å². The zero-order valence-electron chi connectivity index (χ0n) is 13.8. The normalized spacial score (nSPS) is 16.3. The number of benzene rings is 1. The van der Waals surface area contributed by atoms with Crippen molar-refractivity contribution in [2.24, 2.45) is 5.92 Å². The van der Waals surface area contributed by atoms with Crippen molar-refractivity contribution >= 4 is 23.2 Å². The van der Waals surface area contributed by atoms with Crippen molar-refractivity contribution in [1.29, 1.82) is 0 Å². The van der Waals surface area contributed by atoms with Crippen molar-refractivity contribution in [1.82, 2.24) is 10.9 Å². The van der Waals surface area contributed by atoms with Gasteiger partial charge in [0.1, 0.15) is 0 Å². The maximum absolute atomic E-state index is 12.2. The minimum Gasteiger partial charge on any atom is -0.273 e. The summed E-state index contributed by atoms with van der Waals surface area (Å²) in [6, 6.07) is 11.8. The van der Waals surface area contributed by atoms with Crippen molar-refractivity contribution in [3.05, 3.63) is 57.3 Å². The summed E-state index contributed by atoms with van der Waals surface area (Å²) in [5.74, 6) is 0.276. The molecule has 4 nitrogen and oxygen atoms in total. The maximum Gasteiger partial charge on any atom is 0.279 e. The van der Waals surface area contributed by atoms with Crippen LogP contribution in [0.25, 0.3) is 0 Å². The van der Waals surface area contributed by atoms with Crippen molar-refractivity contribution in [2.75, 3.05) is 0 Å². The molecule has 5 heteroatoms. The number of aryl methyl sites for hydroxylation is 2. The van der Waals surface area contributed by atoms with E-state index in [1.54, 1.807) is 11.3 Å². The van der Waals surface area contributed by atoms with Gasteiger partial charge in [-0.3, -0.25) is 20.4 Å². The lowest BCUT2D eigenvalue weighted by molar-refractivity contribution is -0.121. The van der Waals surface area contributed by atoms with Gasteiger partial charge in [0.15, 0.2) is 0 Å². The molecule has 1 aromatic heterocycles. The summed E-state index contributed by atoms with van der Waals surface area (Å²) in [7, 11) is 0. The van der Waals surface area contributed by atoms with E-state index in [1.807, 2.05) is 36.4 Å². The van der Waals surface area contributed by atoms with E-state index in [2.05, 4.69) is 17.8 Å². The number of hydrogen-bond donors (Lipinski definition) is 2. The van der Waals surface area contributed by atoms with Gasteiger partial charge in [-0.05, 0) is 48.8 Å². The molecule has 3 rings (SSSR count). The average Bonchev–Trinajstić information content (AvgIpc) is 3.02. The quantitative estimate of drug-likeness (QED) is 0.838. The Labute approximate surface area is 146 Å². The fourth-order valence-electron chi connectivity index (χ4n) is 2.97. The number of carbonyl (C=O) groups excluding carboxylic acids is 2. The first kappa shape index (κ1) is 16.7. The van der Waals surface area contributed by atoms with Gasteiger partial charge in [0.05, 0.1) is 4.88 Å². The highest BCUT2D eigenvalue weighted by Crippen LogP contribution is 2.32. The van der Waals surface area contributed by atoms with E-state index >= 15 is 0 Å². The van der Waals surface area contributed by atoms with Gasteiger partial charge >= 0.3 is 0 Å². The highest BCUT2D eigenvalue weighted by Gasteiger charge is 2.20. The van der Waals surface area contributed by atoms with Gasteiger partial charge in [-0.2, -0.15) is 0 Å². The van der Waals surface area contributed by atoms with Gasteiger partial charge in [0.2, 0.25) is 5.91 Å². The van der Waals surface area contributed by atoms with Crippen LogP contribution in [0, 0.1) is 5.92 Å². The van der Waals surface area contributed by atoms with Gasteiger partial charge in [-0.25, -0.2) is 0 Å². The number of fused-ring (bicyclic) bond motifs is 1. The molecule has 126 valence electrons. The Morgan fingerprint density at radius 3 is 2.79 bits per heavy atom. The molecule has 0 saturated heterocycles. The lowest BCUT2D eigenvalue weighted by atomic mass is 9.90. The molecular weight excluding hydrogens is 320 g/mol. The number of rotatable bonds is 4. The molecule has 1 heterocycles. The van der Waals surface area contributed by atoms with Crippen LogP contribution < -0.4 is 10.9 Å². The summed E-state index contributed by atoms with van der Waals surface area (Å²) in [4.78, 5) is 26.1. The molecule has 0 spiro atoms. The molecule has 0 fully saturated rings. The smallest absolute Gasteiger partial charge is 0.273 e. The fourth-order valence-corrected chi connectivity index (χ4v) is 4.07. The highest BCUT2D eigenvalue weighted by atomic mass is 32.1. The van der Waals surface area contributed by atoms with E-state index in [0.717, 1.165) is 18.4 Å². The van der Waals surface area contributed by atoms with E-state index in [9.17, 15) is 9.59 Å². The summed E-state index contributed by atoms with van der Waals surface area (Å²) < 4.78 is 0. The first-order valence-corrected chi connectivity index (χ1v) is 9.18. The van der Waals surface area contributed by atoms with Gasteiger partial charge in [0.25, 0.3) is 5.91 Å². The second-order valence-electron chi connectivity index (χ2n) is 6.39. The molecule has 1 aliphatic carbocycles. The molecule has 2 amide bonds. The van der Waals surface area contributed by atoms with Crippen LogP contribution in [-0.2, 0) is 24.1 Å². The molecule has 2 aromatic rings. The lowest BCUT2D eigenvalue weighted by Crippen LogP contribution is -2.41. The van der Waals surface area contributed by atoms with Crippen LogP contribution in [0.3, 0.4) is 0 Å². The van der Waals surface area contributed by atoms with E-state index in [-0.39, 0.29) is 11.8 Å². The topological polar surface area (TPSA) is 58.2 Å². The average molecular weight is 342 g/mol. The minimum atomic E-state index is -0.227. The van der Waals surface area contributed by atoms with Gasteiger partial charge in [-0.1, -0.05) is 37.3 Å². The molecule has 1 unspecified atom stereocenters. The third kappa shape index (κ3) is 4.23. The SMILES string of the molecule is CC1CCc2sc(C(=O)NNC(=O)CCc3ccccc3)cc2C1.